The Hall–Kier alpha value is -1.95. The van der Waals surface area contributed by atoms with Crippen LogP contribution in [-0.2, 0) is 7.05 Å². The van der Waals surface area contributed by atoms with Crippen LogP contribution in [0.4, 0.5) is 0 Å². The van der Waals surface area contributed by atoms with Crippen LogP contribution in [0.15, 0.2) is 18.6 Å². The SMILES string of the molecule is CCCC(O)(CCC)CNC(=O)c1cnc2c(c1)ncn2C. The van der Waals surface area contributed by atoms with Gasteiger partial charge < -0.3 is 15.0 Å². The molecule has 2 heterocycles. The van der Waals surface area contributed by atoms with Gasteiger partial charge >= 0.3 is 0 Å². The zero-order valence-corrected chi connectivity index (χ0v) is 13.5. The monoisotopic (exact) mass is 304 g/mol. The molecule has 2 rings (SSSR count). The molecule has 0 aromatic carbocycles. The van der Waals surface area contributed by atoms with E-state index >= 15 is 0 Å². The quantitative estimate of drug-likeness (QED) is 0.820. The Morgan fingerprint density at radius 3 is 2.64 bits per heavy atom. The van der Waals surface area contributed by atoms with Crippen molar-refractivity contribution < 1.29 is 9.90 Å². The lowest BCUT2D eigenvalue weighted by Crippen LogP contribution is -2.42. The number of carbonyl (C=O) groups is 1. The van der Waals surface area contributed by atoms with Gasteiger partial charge in [0.05, 0.1) is 17.5 Å². The van der Waals surface area contributed by atoms with Crippen LogP contribution in [0.25, 0.3) is 11.2 Å². The Labute approximate surface area is 130 Å². The van der Waals surface area contributed by atoms with E-state index in [2.05, 4.69) is 15.3 Å². The van der Waals surface area contributed by atoms with Crippen molar-refractivity contribution in [2.45, 2.75) is 45.1 Å². The highest BCUT2D eigenvalue weighted by Gasteiger charge is 2.25. The van der Waals surface area contributed by atoms with Gasteiger partial charge in [0.1, 0.15) is 5.52 Å². The van der Waals surface area contributed by atoms with Gasteiger partial charge in [-0.1, -0.05) is 26.7 Å². The lowest BCUT2D eigenvalue weighted by molar-refractivity contribution is 0.0213. The minimum Gasteiger partial charge on any atom is -0.388 e. The molecular formula is C16H24N4O2. The Balaban J connectivity index is 2.06. The highest BCUT2D eigenvalue weighted by Crippen LogP contribution is 2.19. The van der Waals surface area contributed by atoms with Gasteiger partial charge in [-0.25, -0.2) is 9.97 Å². The van der Waals surface area contributed by atoms with Crippen molar-refractivity contribution in [3.8, 4) is 0 Å². The summed E-state index contributed by atoms with van der Waals surface area (Å²) in [7, 11) is 1.86. The summed E-state index contributed by atoms with van der Waals surface area (Å²) < 4.78 is 1.80. The maximum absolute atomic E-state index is 12.3. The van der Waals surface area contributed by atoms with E-state index in [1.807, 2.05) is 20.9 Å². The first-order valence-corrected chi connectivity index (χ1v) is 7.76. The van der Waals surface area contributed by atoms with Crippen LogP contribution in [0.2, 0.25) is 0 Å². The third-order valence-electron chi connectivity index (χ3n) is 3.82. The first-order valence-electron chi connectivity index (χ1n) is 7.76. The number of fused-ring (bicyclic) bond motifs is 1. The van der Waals surface area contributed by atoms with Crippen LogP contribution in [0, 0.1) is 0 Å². The normalized spacial score (nSPS) is 11.8. The van der Waals surface area contributed by atoms with E-state index in [-0.39, 0.29) is 12.5 Å². The number of nitrogens with one attached hydrogen (secondary N) is 1. The molecule has 6 heteroatoms. The van der Waals surface area contributed by atoms with Crippen molar-refractivity contribution in [3.05, 3.63) is 24.2 Å². The molecule has 6 nitrogen and oxygen atoms in total. The molecule has 22 heavy (non-hydrogen) atoms. The van der Waals surface area contributed by atoms with Gasteiger partial charge in [-0.3, -0.25) is 4.79 Å². The molecule has 120 valence electrons. The van der Waals surface area contributed by atoms with Crippen molar-refractivity contribution in [3.63, 3.8) is 0 Å². The molecule has 0 fully saturated rings. The fraction of sp³-hybridized carbons (Fsp3) is 0.562. The minimum absolute atomic E-state index is 0.231. The van der Waals surface area contributed by atoms with Crippen LogP contribution in [0.5, 0.6) is 0 Å². The summed E-state index contributed by atoms with van der Waals surface area (Å²) in [6.45, 7) is 4.32. The average molecular weight is 304 g/mol. The minimum atomic E-state index is -0.832. The third kappa shape index (κ3) is 3.62. The first kappa shape index (κ1) is 16.4. The Kier molecular flexibility index (Phi) is 5.13. The van der Waals surface area contributed by atoms with Crippen LogP contribution >= 0.6 is 0 Å². The number of rotatable bonds is 7. The molecule has 0 atom stereocenters. The standard InChI is InChI=1S/C16H24N4O2/c1-4-6-16(22,7-5-2)10-18-15(21)12-8-13-14(17-9-12)20(3)11-19-13/h8-9,11,22H,4-7,10H2,1-3H3,(H,18,21). The first-order chi connectivity index (χ1) is 10.5. The number of hydrogen-bond donors (Lipinski definition) is 2. The van der Waals surface area contributed by atoms with Gasteiger partial charge in [0.2, 0.25) is 0 Å². The molecule has 0 radical (unpaired) electrons. The molecule has 0 spiro atoms. The van der Waals surface area contributed by atoms with Crippen molar-refractivity contribution in [2.24, 2.45) is 7.05 Å². The average Bonchev–Trinajstić information content (AvgIpc) is 2.86. The summed E-state index contributed by atoms with van der Waals surface area (Å²) in [5.41, 5.74) is 1.06. The van der Waals surface area contributed by atoms with Crippen molar-refractivity contribution >= 4 is 17.1 Å². The molecule has 0 saturated heterocycles. The Bertz CT molecular complexity index is 645. The zero-order valence-electron chi connectivity index (χ0n) is 13.5. The largest absolute Gasteiger partial charge is 0.388 e. The Morgan fingerprint density at radius 2 is 2.00 bits per heavy atom. The molecular weight excluding hydrogens is 280 g/mol. The number of imidazole rings is 1. The number of nitrogens with zero attached hydrogens (tertiary/aromatic N) is 3. The van der Waals surface area contributed by atoms with Crippen LogP contribution in [0.3, 0.4) is 0 Å². The van der Waals surface area contributed by atoms with Gasteiger partial charge in [-0.2, -0.15) is 0 Å². The predicted molar refractivity (Wildman–Crippen MR) is 85.6 cm³/mol. The Morgan fingerprint density at radius 1 is 1.32 bits per heavy atom. The second kappa shape index (κ2) is 6.87. The number of hydrogen-bond acceptors (Lipinski definition) is 4. The third-order valence-corrected chi connectivity index (χ3v) is 3.82. The molecule has 2 aromatic heterocycles. The number of carbonyl (C=O) groups excluding carboxylic acids is 1. The van der Waals surface area contributed by atoms with Crippen LogP contribution in [-0.4, -0.2) is 37.7 Å². The van der Waals surface area contributed by atoms with E-state index in [1.165, 1.54) is 6.20 Å². The number of aliphatic hydroxyl groups is 1. The van der Waals surface area contributed by atoms with E-state index in [0.717, 1.165) is 18.5 Å². The van der Waals surface area contributed by atoms with E-state index in [1.54, 1.807) is 17.0 Å². The molecule has 2 aromatic rings. The fourth-order valence-corrected chi connectivity index (χ4v) is 2.72. The lowest BCUT2D eigenvalue weighted by Gasteiger charge is -2.27. The van der Waals surface area contributed by atoms with Crippen molar-refractivity contribution in [1.29, 1.82) is 0 Å². The number of amides is 1. The summed E-state index contributed by atoms with van der Waals surface area (Å²) >= 11 is 0. The predicted octanol–water partition coefficient (Wildman–Crippen LogP) is 2.03. The number of pyridine rings is 1. The van der Waals surface area contributed by atoms with Crippen LogP contribution in [0.1, 0.15) is 49.9 Å². The summed E-state index contributed by atoms with van der Waals surface area (Å²) in [5.74, 6) is -0.231. The van der Waals surface area contributed by atoms with Crippen LogP contribution < -0.4 is 5.32 Å². The number of aryl methyl sites for hydroxylation is 1. The van der Waals surface area contributed by atoms with Crippen molar-refractivity contribution in [1.82, 2.24) is 19.9 Å². The van der Waals surface area contributed by atoms with Crippen molar-refractivity contribution in [2.75, 3.05) is 6.54 Å². The summed E-state index contributed by atoms with van der Waals surface area (Å²) in [5, 5.41) is 13.4. The molecule has 0 saturated carbocycles. The smallest absolute Gasteiger partial charge is 0.253 e. The second-order valence-electron chi connectivity index (χ2n) is 5.83. The summed E-state index contributed by atoms with van der Waals surface area (Å²) in [6.07, 6.45) is 6.33. The van der Waals surface area contributed by atoms with E-state index in [4.69, 9.17) is 0 Å². The summed E-state index contributed by atoms with van der Waals surface area (Å²) in [4.78, 5) is 20.7. The van der Waals surface area contributed by atoms with Gasteiger partial charge in [0.25, 0.3) is 5.91 Å². The van der Waals surface area contributed by atoms with E-state index in [0.29, 0.717) is 23.9 Å². The fourth-order valence-electron chi connectivity index (χ4n) is 2.72. The number of aromatic nitrogens is 3. The topological polar surface area (TPSA) is 80.0 Å². The molecule has 0 bridgehead atoms. The van der Waals surface area contributed by atoms with Gasteiger partial charge in [0.15, 0.2) is 5.65 Å². The highest BCUT2D eigenvalue weighted by atomic mass is 16.3. The lowest BCUT2D eigenvalue weighted by atomic mass is 9.92. The molecule has 0 aliphatic heterocycles. The highest BCUT2D eigenvalue weighted by molar-refractivity contribution is 5.96. The van der Waals surface area contributed by atoms with Gasteiger partial charge in [-0.05, 0) is 18.9 Å². The van der Waals surface area contributed by atoms with Gasteiger partial charge in [-0.15, -0.1) is 0 Å². The summed E-state index contributed by atoms with van der Waals surface area (Å²) in [6, 6.07) is 1.72. The molecule has 1 amide bonds. The molecule has 0 aliphatic rings. The van der Waals surface area contributed by atoms with E-state index < -0.39 is 5.60 Å². The second-order valence-corrected chi connectivity index (χ2v) is 5.83. The maximum atomic E-state index is 12.3. The molecule has 0 aliphatic carbocycles. The van der Waals surface area contributed by atoms with E-state index in [9.17, 15) is 9.90 Å². The zero-order chi connectivity index (χ0) is 16.2. The molecule has 0 unspecified atom stereocenters. The maximum Gasteiger partial charge on any atom is 0.253 e. The van der Waals surface area contributed by atoms with Gasteiger partial charge in [0, 0.05) is 19.8 Å². The molecule has 2 N–H and O–H groups in total.